The Labute approximate surface area is 120 Å². The first-order valence-electron chi connectivity index (χ1n) is 7.72. The Bertz CT molecular complexity index is 917. The number of fused-ring (bicyclic) bond motifs is 1. The Morgan fingerprint density at radius 2 is 2.00 bits per heavy atom. The number of aromatic nitrogens is 2. The fourth-order valence-corrected chi connectivity index (χ4v) is 2.26. The van der Waals surface area contributed by atoms with Gasteiger partial charge in [0, 0.05) is 16.5 Å². The Balaban J connectivity index is 2.35. The summed E-state index contributed by atoms with van der Waals surface area (Å²) in [6.07, 6.45) is 0. The van der Waals surface area contributed by atoms with Crippen molar-refractivity contribution >= 4 is 16.7 Å². The van der Waals surface area contributed by atoms with E-state index in [9.17, 15) is 4.79 Å². The van der Waals surface area contributed by atoms with Gasteiger partial charge in [0.05, 0.1) is 11.2 Å². The van der Waals surface area contributed by atoms with E-state index in [1.54, 1.807) is 6.07 Å². The summed E-state index contributed by atoms with van der Waals surface area (Å²) >= 11 is 0. The number of aryl methyl sites for hydroxylation is 1. The fourth-order valence-electron chi connectivity index (χ4n) is 2.26. The van der Waals surface area contributed by atoms with E-state index in [2.05, 4.69) is 10.3 Å². The number of benzene rings is 2. The first kappa shape index (κ1) is 9.31. The Hall–Kier alpha value is -2.62. The molecular weight excluding hydrogens is 250 g/mol. The highest BCUT2D eigenvalue weighted by molar-refractivity contribution is 5.90. The molecule has 0 fully saturated rings. The molecule has 20 heavy (non-hydrogen) atoms. The summed E-state index contributed by atoms with van der Waals surface area (Å²) in [5.74, 6) is 0.0668. The van der Waals surface area contributed by atoms with E-state index < -0.39 is 12.7 Å². The zero-order valence-electron chi connectivity index (χ0n) is 13.9. The zero-order valence-corrected chi connectivity index (χ0v) is 10.9. The van der Waals surface area contributed by atoms with Gasteiger partial charge >= 0.3 is 5.69 Å². The Kier molecular flexibility index (Phi) is 2.24. The van der Waals surface area contributed by atoms with E-state index >= 15 is 0 Å². The second-order valence-electron chi connectivity index (χ2n) is 4.56. The first-order valence-corrected chi connectivity index (χ1v) is 6.22. The van der Waals surface area contributed by atoms with Crippen LogP contribution in [-0.4, -0.2) is 16.5 Å². The van der Waals surface area contributed by atoms with Gasteiger partial charge in [0.2, 0.25) is 0 Å². The molecule has 0 saturated heterocycles. The predicted molar refractivity (Wildman–Crippen MR) is 81.6 cm³/mol. The van der Waals surface area contributed by atoms with Gasteiger partial charge in [0.25, 0.3) is 0 Å². The van der Waals surface area contributed by atoms with Crippen molar-refractivity contribution in [1.82, 2.24) is 9.55 Å². The number of nitrogens with zero attached hydrogens (tertiary/aromatic N) is 2. The Morgan fingerprint density at radius 3 is 2.75 bits per heavy atom. The number of hydrogen-bond acceptors (Lipinski definition) is 3. The molecular formula is C16H15N3O. The van der Waals surface area contributed by atoms with Crippen LogP contribution in [0.15, 0.2) is 53.3 Å². The lowest BCUT2D eigenvalue weighted by Crippen LogP contribution is -2.23. The second-order valence-corrected chi connectivity index (χ2v) is 4.56. The number of nitrogens with one attached hydrogen (secondary N) is 1. The van der Waals surface area contributed by atoms with E-state index in [0.717, 1.165) is 5.56 Å². The Morgan fingerprint density at radius 1 is 1.20 bits per heavy atom. The molecule has 4 heteroatoms. The maximum atomic E-state index is 12.5. The summed E-state index contributed by atoms with van der Waals surface area (Å²) in [6, 6.07) is 14.6. The van der Waals surface area contributed by atoms with E-state index in [4.69, 9.17) is 4.11 Å². The average molecular weight is 268 g/mol. The summed E-state index contributed by atoms with van der Waals surface area (Å²) in [7, 11) is 0. The van der Waals surface area contributed by atoms with Crippen molar-refractivity contribution in [2.75, 3.05) is 12.3 Å². The molecule has 1 aromatic heterocycles. The molecule has 0 aliphatic rings. The summed E-state index contributed by atoms with van der Waals surface area (Å²) in [5.41, 5.74) is 1.73. The summed E-state index contributed by atoms with van der Waals surface area (Å²) in [4.78, 5) is 16.4. The molecule has 4 nitrogen and oxygen atoms in total. The zero-order chi connectivity index (χ0) is 16.6. The lowest BCUT2D eigenvalue weighted by Gasteiger charge is -2.12. The molecule has 1 heterocycles. The summed E-state index contributed by atoms with van der Waals surface area (Å²) in [6.45, 7) is -0.507. The van der Waals surface area contributed by atoms with Crippen molar-refractivity contribution in [2.45, 2.75) is 6.92 Å². The standard InChI is InChI=1S/C16H15N3O/c1-11-8-9-13-14(10-11)19(12-6-4-3-5-7-12)16(20)18-15(13)17-2/h3-10H,1-2H3,(H,17,18,20)/i2D3. The minimum absolute atomic E-state index is 0.0668. The largest absolute Gasteiger partial charge is 0.372 e. The quantitative estimate of drug-likeness (QED) is 0.777. The minimum atomic E-state index is -2.42. The highest BCUT2D eigenvalue weighted by Gasteiger charge is 2.10. The van der Waals surface area contributed by atoms with Crippen LogP contribution in [0, 0.1) is 6.92 Å². The number of anilines is 1. The van der Waals surface area contributed by atoms with Crippen molar-refractivity contribution in [3.8, 4) is 5.69 Å². The van der Waals surface area contributed by atoms with Crippen molar-refractivity contribution in [3.05, 3.63) is 64.6 Å². The van der Waals surface area contributed by atoms with Gasteiger partial charge in [-0.1, -0.05) is 24.3 Å². The summed E-state index contributed by atoms with van der Waals surface area (Å²) in [5, 5.41) is 2.92. The third kappa shape index (κ3) is 1.95. The molecule has 2 aromatic carbocycles. The van der Waals surface area contributed by atoms with Crippen molar-refractivity contribution in [2.24, 2.45) is 0 Å². The highest BCUT2D eigenvalue weighted by atomic mass is 16.1. The van der Waals surface area contributed by atoms with Crippen LogP contribution in [0.3, 0.4) is 0 Å². The molecule has 0 amide bonds. The molecule has 1 N–H and O–H groups in total. The van der Waals surface area contributed by atoms with Crippen molar-refractivity contribution < 1.29 is 4.11 Å². The monoisotopic (exact) mass is 268 g/mol. The van der Waals surface area contributed by atoms with Crippen molar-refractivity contribution in [1.29, 1.82) is 0 Å². The smallest absolute Gasteiger partial charge is 0.354 e. The topological polar surface area (TPSA) is 46.9 Å². The van der Waals surface area contributed by atoms with Gasteiger partial charge in [-0.2, -0.15) is 4.98 Å². The fraction of sp³-hybridized carbons (Fsp3) is 0.125. The van der Waals surface area contributed by atoms with Crippen LogP contribution < -0.4 is 11.0 Å². The van der Waals surface area contributed by atoms with Crippen LogP contribution in [0.4, 0.5) is 5.82 Å². The van der Waals surface area contributed by atoms with Crippen LogP contribution in [0.1, 0.15) is 9.68 Å². The molecule has 0 saturated carbocycles. The molecule has 3 rings (SSSR count). The van der Waals surface area contributed by atoms with Crippen molar-refractivity contribution in [3.63, 3.8) is 0 Å². The lowest BCUT2D eigenvalue weighted by atomic mass is 10.1. The molecule has 0 bridgehead atoms. The van der Waals surface area contributed by atoms with Gasteiger partial charge in [0.1, 0.15) is 5.82 Å². The van der Waals surface area contributed by atoms with E-state index in [-0.39, 0.29) is 5.82 Å². The van der Waals surface area contributed by atoms with Gasteiger partial charge < -0.3 is 5.32 Å². The molecule has 0 atom stereocenters. The molecule has 0 radical (unpaired) electrons. The van der Waals surface area contributed by atoms with Crippen LogP contribution in [0.2, 0.25) is 0 Å². The van der Waals surface area contributed by atoms with Gasteiger partial charge in [-0.15, -0.1) is 0 Å². The SMILES string of the molecule is [2H]C([2H])([2H])Nc1nc(=O)n(-c2ccccc2)c2cc(C)ccc12. The van der Waals surface area contributed by atoms with Gasteiger partial charge in [-0.05, 0) is 36.8 Å². The third-order valence-corrected chi connectivity index (χ3v) is 3.18. The van der Waals surface area contributed by atoms with Crippen LogP contribution in [0.25, 0.3) is 16.6 Å². The summed E-state index contributed by atoms with van der Waals surface area (Å²) < 4.78 is 23.5. The van der Waals surface area contributed by atoms with E-state index in [0.29, 0.717) is 16.6 Å². The maximum absolute atomic E-state index is 12.5. The van der Waals surface area contributed by atoms with E-state index in [1.807, 2.05) is 49.4 Å². The average Bonchev–Trinajstić information content (AvgIpc) is 2.46. The number of rotatable bonds is 2. The maximum Gasteiger partial charge on any atom is 0.354 e. The first-order chi connectivity index (χ1) is 10.8. The van der Waals surface area contributed by atoms with E-state index in [1.165, 1.54) is 4.57 Å². The highest BCUT2D eigenvalue weighted by Crippen LogP contribution is 2.22. The van der Waals surface area contributed by atoms with Crippen LogP contribution >= 0.6 is 0 Å². The third-order valence-electron chi connectivity index (χ3n) is 3.18. The normalized spacial score (nSPS) is 13.6. The molecule has 0 aliphatic carbocycles. The lowest BCUT2D eigenvalue weighted by molar-refractivity contribution is 0.960. The molecule has 100 valence electrons. The van der Waals surface area contributed by atoms with Gasteiger partial charge in [-0.3, -0.25) is 4.57 Å². The number of hydrogen-bond donors (Lipinski definition) is 1. The number of para-hydroxylation sites is 1. The van der Waals surface area contributed by atoms with Crippen LogP contribution in [0.5, 0.6) is 0 Å². The second kappa shape index (κ2) is 4.81. The van der Waals surface area contributed by atoms with Gasteiger partial charge in [-0.25, -0.2) is 4.79 Å². The molecule has 3 aromatic rings. The predicted octanol–water partition coefficient (Wildman–Crippen LogP) is 2.74. The molecule has 0 spiro atoms. The minimum Gasteiger partial charge on any atom is -0.372 e. The van der Waals surface area contributed by atoms with Gasteiger partial charge in [0.15, 0.2) is 0 Å². The van der Waals surface area contributed by atoms with Crippen LogP contribution in [-0.2, 0) is 0 Å². The molecule has 0 unspecified atom stereocenters. The molecule has 0 aliphatic heterocycles.